The lowest BCUT2D eigenvalue weighted by Crippen LogP contribution is -2.30. The first-order chi connectivity index (χ1) is 10.2. The van der Waals surface area contributed by atoms with Gasteiger partial charge in [0, 0.05) is 12.2 Å². The summed E-state index contributed by atoms with van der Waals surface area (Å²) in [6.07, 6.45) is 5.79. The van der Waals surface area contributed by atoms with Crippen molar-refractivity contribution in [2.45, 2.75) is 25.4 Å². The van der Waals surface area contributed by atoms with Gasteiger partial charge in [-0.1, -0.05) is 17.7 Å². The number of nitrogens with zero attached hydrogens (tertiary/aromatic N) is 3. The molecule has 4 rings (SSSR count). The molecule has 2 aliphatic rings. The van der Waals surface area contributed by atoms with Gasteiger partial charge in [-0.2, -0.15) is 0 Å². The fraction of sp³-hybridized carbons (Fsp3) is 0.267. The average Bonchev–Trinajstić information content (AvgIpc) is 3.17. The van der Waals surface area contributed by atoms with E-state index in [-0.39, 0.29) is 0 Å². The molecule has 0 N–H and O–H groups in total. The van der Waals surface area contributed by atoms with E-state index in [4.69, 9.17) is 11.6 Å². The van der Waals surface area contributed by atoms with Crippen molar-refractivity contribution < 1.29 is 9.59 Å². The molecule has 1 aromatic carbocycles. The molecule has 0 spiro atoms. The number of benzene rings is 1. The van der Waals surface area contributed by atoms with Crippen LogP contribution in [0.2, 0.25) is 5.02 Å². The quantitative estimate of drug-likeness (QED) is 0.819. The van der Waals surface area contributed by atoms with E-state index in [9.17, 15) is 9.59 Å². The summed E-state index contributed by atoms with van der Waals surface area (Å²) in [7, 11) is 0. The van der Waals surface area contributed by atoms with Crippen LogP contribution in [0.1, 0.15) is 34.9 Å². The monoisotopic (exact) mass is 301 g/mol. The second-order valence-corrected chi connectivity index (χ2v) is 5.79. The number of halogens is 1. The van der Waals surface area contributed by atoms with E-state index >= 15 is 0 Å². The molecule has 2 heterocycles. The number of ketones is 1. The number of para-hydroxylation sites is 1. The molecule has 1 aliphatic heterocycles. The van der Waals surface area contributed by atoms with E-state index in [0.29, 0.717) is 28.9 Å². The van der Waals surface area contributed by atoms with E-state index in [1.807, 2.05) is 0 Å². The Hall–Kier alpha value is -2.14. The molecule has 6 heteroatoms. The highest BCUT2D eigenvalue weighted by Crippen LogP contribution is 2.39. The van der Waals surface area contributed by atoms with Gasteiger partial charge in [-0.3, -0.25) is 14.5 Å². The second kappa shape index (κ2) is 4.43. The maximum atomic E-state index is 12.2. The fourth-order valence-corrected chi connectivity index (χ4v) is 3.04. The molecule has 2 aromatic rings. The Morgan fingerprint density at radius 1 is 1.29 bits per heavy atom. The molecule has 1 aromatic heterocycles. The lowest BCUT2D eigenvalue weighted by atomic mass is 10.1. The van der Waals surface area contributed by atoms with Gasteiger partial charge in [0.05, 0.1) is 34.8 Å². The van der Waals surface area contributed by atoms with E-state index in [2.05, 4.69) is 9.55 Å². The standard InChI is InChI=1S/C15H12ClN3O2/c16-12-3-1-2-11-13(12)18(15(21)14(11)20)7-10-6-17-8-19(10)9-4-5-9/h1-3,6,8-9H,4-5,7H2. The van der Waals surface area contributed by atoms with Crippen molar-refractivity contribution in [3.63, 3.8) is 0 Å². The van der Waals surface area contributed by atoms with Crippen LogP contribution in [-0.2, 0) is 11.3 Å². The predicted molar refractivity (Wildman–Crippen MR) is 77.5 cm³/mol. The Bertz CT molecular complexity index is 764. The molecule has 21 heavy (non-hydrogen) atoms. The van der Waals surface area contributed by atoms with Gasteiger partial charge in [-0.05, 0) is 25.0 Å². The summed E-state index contributed by atoms with van der Waals surface area (Å²) in [5.74, 6) is -1.02. The third kappa shape index (κ3) is 1.88. The summed E-state index contributed by atoms with van der Waals surface area (Å²) in [4.78, 5) is 29.9. The Kier molecular flexibility index (Phi) is 2.65. The van der Waals surface area contributed by atoms with Crippen molar-refractivity contribution in [3.05, 3.63) is 47.0 Å². The van der Waals surface area contributed by atoms with E-state index in [1.165, 1.54) is 4.90 Å². The zero-order valence-electron chi connectivity index (χ0n) is 11.1. The highest BCUT2D eigenvalue weighted by molar-refractivity contribution is 6.54. The molecule has 0 radical (unpaired) electrons. The number of imidazole rings is 1. The van der Waals surface area contributed by atoms with Gasteiger partial charge >= 0.3 is 0 Å². The zero-order chi connectivity index (χ0) is 14.6. The summed E-state index contributed by atoms with van der Waals surface area (Å²) in [5, 5.41) is 0.421. The van der Waals surface area contributed by atoms with E-state index in [0.717, 1.165) is 18.5 Å². The largest absolute Gasteiger partial charge is 0.330 e. The van der Waals surface area contributed by atoms with Gasteiger partial charge in [0.25, 0.3) is 11.7 Å². The summed E-state index contributed by atoms with van der Waals surface area (Å²) in [6.45, 7) is 0.317. The number of aromatic nitrogens is 2. The van der Waals surface area contributed by atoms with Crippen LogP contribution in [0.15, 0.2) is 30.7 Å². The molecule has 0 bridgehead atoms. The van der Waals surface area contributed by atoms with Crippen molar-refractivity contribution in [2.75, 3.05) is 4.90 Å². The van der Waals surface area contributed by atoms with Crippen molar-refractivity contribution in [3.8, 4) is 0 Å². The van der Waals surface area contributed by atoms with Crippen molar-refractivity contribution >= 4 is 29.0 Å². The van der Waals surface area contributed by atoms with Crippen LogP contribution in [-0.4, -0.2) is 21.2 Å². The molecule has 1 amide bonds. The van der Waals surface area contributed by atoms with Gasteiger partial charge in [0.1, 0.15) is 0 Å². The summed E-state index contributed by atoms with van der Waals surface area (Å²) < 4.78 is 2.08. The number of Topliss-reactive ketones (excluding diaryl/α,β-unsaturated/α-hetero) is 1. The van der Waals surface area contributed by atoms with Crippen molar-refractivity contribution in [1.82, 2.24) is 9.55 Å². The molecule has 0 unspecified atom stereocenters. The van der Waals surface area contributed by atoms with Crippen LogP contribution in [0.3, 0.4) is 0 Å². The van der Waals surface area contributed by atoms with Crippen LogP contribution in [0.25, 0.3) is 0 Å². The predicted octanol–water partition coefficient (Wildman–Crippen LogP) is 2.60. The number of carbonyl (C=O) groups is 2. The van der Waals surface area contributed by atoms with Crippen LogP contribution >= 0.6 is 11.6 Å². The molecule has 1 fully saturated rings. The molecule has 1 aliphatic carbocycles. The minimum absolute atomic E-state index is 0.317. The molecular weight excluding hydrogens is 290 g/mol. The van der Waals surface area contributed by atoms with Crippen molar-refractivity contribution in [1.29, 1.82) is 0 Å². The summed E-state index contributed by atoms with van der Waals surface area (Å²) in [5.41, 5.74) is 1.81. The lowest BCUT2D eigenvalue weighted by Gasteiger charge is -2.18. The minimum Gasteiger partial charge on any atom is -0.330 e. The van der Waals surface area contributed by atoms with Crippen LogP contribution in [0, 0.1) is 0 Å². The van der Waals surface area contributed by atoms with E-state index in [1.54, 1.807) is 30.7 Å². The molecule has 1 saturated carbocycles. The number of hydrogen-bond acceptors (Lipinski definition) is 3. The number of rotatable bonds is 3. The topological polar surface area (TPSA) is 55.2 Å². The van der Waals surface area contributed by atoms with E-state index < -0.39 is 11.7 Å². The number of fused-ring (bicyclic) bond motifs is 1. The lowest BCUT2D eigenvalue weighted by molar-refractivity contribution is -0.114. The van der Waals surface area contributed by atoms with Gasteiger partial charge in [-0.15, -0.1) is 0 Å². The van der Waals surface area contributed by atoms with Crippen molar-refractivity contribution in [2.24, 2.45) is 0 Å². The SMILES string of the molecule is O=C1C(=O)N(Cc2cncn2C2CC2)c2c(Cl)cccc21. The molecular formula is C15H12ClN3O2. The maximum Gasteiger partial charge on any atom is 0.299 e. The third-order valence-electron chi connectivity index (χ3n) is 3.95. The minimum atomic E-state index is -0.526. The fourth-order valence-electron chi connectivity index (χ4n) is 2.76. The molecule has 5 nitrogen and oxygen atoms in total. The zero-order valence-corrected chi connectivity index (χ0v) is 11.9. The molecule has 0 saturated heterocycles. The van der Waals surface area contributed by atoms with Gasteiger partial charge < -0.3 is 4.57 Å². The molecule has 106 valence electrons. The summed E-state index contributed by atoms with van der Waals surface area (Å²) >= 11 is 6.18. The first-order valence-electron chi connectivity index (χ1n) is 6.82. The smallest absolute Gasteiger partial charge is 0.299 e. The van der Waals surface area contributed by atoms with Gasteiger partial charge in [-0.25, -0.2) is 4.98 Å². The number of anilines is 1. The number of hydrogen-bond donors (Lipinski definition) is 0. The first kappa shape index (κ1) is 12.6. The normalized spacial score (nSPS) is 17.5. The first-order valence-corrected chi connectivity index (χ1v) is 7.20. The highest BCUT2D eigenvalue weighted by Gasteiger charge is 2.38. The van der Waals surface area contributed by atoms with Crippen LogP contribution in [0.4, 0.5) is 5.69 Å². The Morgan fingerprint density at radius 3 is 2.86 bits per heavy atom. The summed E-state index contributed by atoms with van der Waals surface area (Å²) in [6, 6.07) is 5.49. The molecule has 0 atom stereocenters. The number of amides is 1. The Balaban J connectivity index is 1.74. The second-order valence-electron chi connectivity index (χ2n) is 5.38. The maximum absolute atomic E-state index is 12.2. The van der Waals surface area contributed by atoms with Gasteiger partial charge in [0.15, 0.2) is 0 Å². The van der Waals surface area contributed by atoms with Crippen LogP contribution < -0.4 is 4.90 Å². The Labute approximate surface area is 126 Å². The van der Waals surface area contributed by atoms with Gasteiger partial charge in [0.2, 0.25) is 0 Å². The Morgan fingerprint density at radius 2 is 2.10 bits per heavy atom. The average molecular weight is 302 g/mol. The highest BCUT2D eigenvalue weighted by atomic mass is 35.5. The van der Waals surface area contributed by atoms with Crippen LogP contribution in [0.5, 0.6) is 0 Å². The number of carbonyl (C=O) groups excluding carboxylic acids is 2. The third-order valence-corrected chi connectivity index (χ3v) is 4.25.